The summed E-state index contributed by atoms with van der Waals surface area (Å²) in [6, 6.07) is 7.36. The van der Waals surface area contributed by atoms with Gasteiger partial charge in [0.2, 0.25) is 11.8 Å². The van der Waals surface area contributed by atoms with Crippen molar-refractivity contribution < 1.29 is 9.59 Å². The predicted molar refractivity (Wildman–Crippen MR) is 131 cm³/mol. The second-order valence-corrected chi connectivity index (χ2v) is 9.40. The lowest BCUT2D eigenvalue weighted by Gasteiger charge is -2.37. The van der Waals surface area contributed by atoms with Crippen LogP contribution in [-0.4, -0.2) is 71.8 Å². The lowest BCUT2D eigenvalue weighted by molar-refractivity contribution is -0.126. The van der Waals surface area contributed by atoms with Gasteiger partial charge in [0.15, 0.2) is 0 Å². The van der Waals surface area contributed by atoms with Crippen LogP contribution in [-0.2, 0) is 16.1 Å². The highest BCUT2D eigenvalue weighted by molar-refractivity contribution is 6.30. The number of rotatable bonds is 7. The molecule has 1 aromatic heterocycles. The summed E-state index contributed by atoms with van der Waals surface area (Å²) >= 11 is 6.18. The average molecular weight is 473 g/mol. The number of benzene rings is 1. The van der Waals surface area contributed by atoms with E-state index >= 15 is 0 Å². The first-order valence-corrected chi connectivity index (χ1v) is 12.1. The van der Waals surface area contributed by atoms with E-state index in [-0.39, 0.29) is 11.8 Å². The fourth-order valence-corrected chi connectivity index (χ4v) is 4.84. The number of carbonyl (C=O) groups is 2. The topological polar surface area (TPSA) is 73.7 Å². The van der Waals surface area contributed by atoms with E-state index in [4.69, 9.17) is 11.6 Å². The van der Waals surface area contributed by atoms with E-state index in [2.05, 4.69) is 33.2 Å². The Bertz CT molecular complexity index is 1010. The van der Waals surface area contributed by atoms with Crippen LogP contribution < -0.4 is 15.1 Å². The molecule has 0 saturated carbocycles. The minimum atomic E-state index is -0.558. The van der Waals surface area contributed by atoms with Crippen LogP contribution in [0, 0.1) is 13.8 Å². The van der Waals surface area contributed by atoms with Gasteiger partial charge in [0, 0.05) is 55.9 Å². The normalized spacial score (nSPS) is 17.8. The number of halogens is 1. The largest absolute Gasteiger partial charge is 0.369 e. The number of anilines is 2. The first kappa shape index (κ1) is 23.6. The van der Waals surface area contributed by atoms with Gasteiger partial charge >= 0.3 is 0 Å². The zero-order valence-corrected chi connectivity index (χ0v) is 20.4. The molecular formula is C24H33ClN6O2. The third-order valence-corrected chi connectivity index (χ3v) is 6.77. The fourth-order valence-electron chi connectivity index (χ4n) is 4.67. The van der Waals surface area contributed by atoms with Gasteiger partial charge in [0.05, 0.1) is 12.2 Å². The van der Waals surface area contributed by atoms with E-state index in [0.717, 1.165) is 49.9 Å². The van der Waals surface area contributed by atoms with Crippen LogP contribution in [0.25, 0.3) is 0 Å². The van der Waals surface area contributed by atoms with Gasteiger partial charge < -0.3 is 10.2 Å². The van der Waals surface area contributed by atoms with Crippen LogP contribution >= 0.6 is 11.6 Å². The smallest absolute Gasteiger partial charge is 0.242 e. The van der Waals surface area contributed by atoms with E-state index in [1.165, 1.54) is 11.3 Å². The highest BCUT2D eigenvalue weighted by Gasteiger charge is 2.33. The summed E-state index contributed by atoms with van der Waals surface area (Å²) in [7, 11) is 0. The number of amides is 2. The molecule has 178 valence electrons. The molecule has 8 nitrogen and oxygen atoms in total. The molecule has 9 heteroatoms. The number of hydrogen-bond donors (Lipinski definition) is 1. The van der Waals surface area contributed by atoms with E-state index in [9.17, 15) is 9.59 Å². The molecule has 1 N–H and O–H groups in total. The lowest BCUT2D eigenvalue weighted by atomic mass is 10.1. The number of nitrogens with zero attached hydrogens (tertiary/aromatic N) is 5. The number of hydrogen-bond acceptors (Lipinski definition) is 5. The van der Waals surface area contributed by atoms with Gasteiger partial charge in [-0.05, 0) is 51.4 Å². The van der Waals surface area contributed by atoms with E-state index in [1.54, 1.807) is 11.8 Å². The van der Waals surface area contributed by atoms with Crippen LogP contribution in [0.2, 0.25) is 5.02 Å². The Morgan fingerprint density at radius 1 is 1.15 bits per heavy atom. The number of carbonyl (C=O) groups excluding carboxylic acids is 2. The predicted octanol–water partition coefficient (Wildman–Crippen LogP) is 2.61. The summed E-state index contributed by atoms with van der Waals surface area (Å²) in [6.45, 7) is 11.8. The second-order valence-electron chi connectivity index (χ2n) is 8.96. The van der Waals surface area contributed by atoms with Gasteiger partial charge in [0.1, 0.15) is 11.9 Å². The molecule has 0 unspecified atom stereocenters. The Hall–Kier alpha value is -2.58. The van der Waals surface area contributed by atoms with Crippen molar-refractivity contribution in [3.8, 4) is 0 Å². The first-order valence-electron chi connectivity index (χ1n) is 11.7. The monoisotopic (exact) mass is 472 g/mol. The summed E-state index contributed by atoms with van der Waals surface area (Å²) < 4.78 is 1.81. The fraction of sp³-hybridized carbons (Fsp3) is 0.542. The quantitative estimate of drug-likeness (QED) is 0.627. The Morgan fingerprint density at radius 2 is 1.91 bits per heavy atom. The van der Waals surface area contributed by atoms with Gasteiger partial charge in [-0.2, -0.15) is 5.10 Å². The van der Waals surface area contributed by atoms with Gasteiger partial charge in [-0.15, -0.1) is 0 Å². The Labute approximate surface area is 200 Å². The third-order valence-electron chi connectivity index (χ3n) is 6.54. The average Bonchev–Trinajstić information content (AvgIpc) is 3.18. The number of piperazine rings is 1. The number of aryl methyl sites for hydroxylation is 3. The maximum absolute atomic E-state index is 12.7. The molecule has 33 heavy (non-hydrogen) atoms. The van der Waals surface area contributed by atoms with Gasteiger partial charge in [-0.3, -0.25) is 19.4 Å². The van der Waals surface area contributed by atoms with Crippen molar-refractivity contribution in [3.63, 3.8) is 0 Å². The molecule has 2 aliphatic heterocycles. The molecule has 0 aliphatic carbocycles. The second kappa shape index (κ2) is 10.1. The summed E-state index contributed by atoms with van der Waals surface area (Å²) in [6.07, 6.45) is 1.24. The number of fused-ring (bicyclic) bond motifs is 1. The van der Waals surface area contributed by atoms with Crippen molar-refractivity contribution in [1.29, 1.82) is 0 Å². The Balaban J connectivity index is 1.21. The van der Waals surface area contributed by atoms with Crippen molar-refractivity contribution in [2.75, 3.05) is 49.1 Å². The van der Waals surface area contributed by atoms with Crippen molar-refractivity contribution in [3.05, 3.63) is 40.5 Å². The molecule has 0 bridgehead atoms. The molecule has 1 fully saturated rings. The van der Waals surface area contributed by atoms with Crippen molar-refractivity contribution in [2.45, 2.75) is 46.2 Å². The molecule has 1 saturated heterocycles. The van der Waals surface area contributed by atoms with Crippen LogP contribution in [0.5, 0.6) is 0 Å². The minimum Gasteiger partial charge on any atom is -0.369 e. The van der Waals surface area contributed by atoms with Crippen molar-refractivity contribution >= 4 is 34.9 Å². The highest BCUT2D eigenvalue weighted by Crippen LogP contribution is 2.26. The molecule has 4 rings (SSSR count). The number of aromatic nitrogens is 2. The summed E-state index contributed by atoms with van der Waals surface area (Å²) in [5.74, 6) is 0.550. The molecule has 3 heterocycles. The van der Waals surface area contributed by atoms with Gasteiger partial charge in [-0.1, -0.05) is 17.7 Å². The van der Waals surface area contributed by atoms with E-state index in [0.29, 0.717) is 25.3 Å². The molecule has 0 spiro atoms. The standard InChI is InChI=1S/C24H33ClN6O2/c1-17-5-6-20(25)16-21(17)29-13-11-28(12-14-29)9-4-8-26-24(33)19(3)31-22-15-18(2)27-30(22)10-7-23(31)32/h5-6,15-16,19H,4,7-14H2,1-3H3,(H,26,33)/t19-/m0/s1. The SMILES string of the molecule is Cc1cc2n(n1)CCC(=O)N2[C@@H](C)C(=O)NCCCN1CCN(c2cc(Cl)ccc2C)CC1. The maximum atomic E-state index is 12.7. The molecule has 1 aromatic carbocycles. The van der Waals surface area contributed by atoms with Crippen molar-refractivity contribution in [2.24, 2.45) is 0 Å². The Kier molecular flexibility index (Phi) is 7.24. The van der Waals surface area contributed by atoms with Gasteiger partial charge in [-0.25, -0.2) is 4.68 Å². The van der Waals surface area contributed by atoms with Crippen molar-refractivity contribution in [1.82, 2.24) is 20.0 Å². The van der Waals surface area contributed by atoms with Crippen LogP contribution in [0.1, 0.15) is 31.0 Å². The summed E-state index contributed by atoms with van der Waals surface area (Å²) in [5, 5.41) is 8.20. The summed E-state index contributed by atoms with van der Waals surface area (Å²) in [5.41, 5.74) is 3.31. The molecule has 0 radical (unpaired) electrons. The molecule has 2 amide bonds. The number of nitrogens with one attached hydrogen (secondary N) is 1. The maximum Gasteiger partial charge on any atom is 0.242 e. The van der Waals surface area contributed by atoms with E-state index < -0.39 is 6.04 Å². The lowest BCUT2D eigenvalue weighted by Crippen LogP contribution is -2.51. The third kappa shape index (κ3) is 5.33. The van der Waals surface area contributed by atoms with Crippen LogP contribution in [0.3, 0.4) is 0 Å². The zero-order valence-electron chi connectivity index (χ0n) is 19.7. The molecule has 1 atom stereocenters. The minimum absolute atomic E-state index is 0.0298. The van der Waals surface area contributed by atoms with Crippen LogP contribution in [0.4, 0.5) is 11.5 Å². The first-order chi connectivity index (χ1) is 15.8. The van der Waals surface area contributed by atoms with Crippen LogP contribution in [0.15, 0.2) is 24.3 Å². The molecular weight excluding hydrogens is 440 g/mol. The van der Waals surface area contributed by atoms with E-state index in [1.807, 2.05) is 29.8 Å². The molecule has 2 aromatic rings. The summed E-state index contributed by atoms with van der Waals surface area (Å²) in [4.78, 5) is 31.7. The highest BCUT2D eigenvalue weighted by atomic mass is 35.5. The zero-order chi connectivity index (χ0) is 23.5. The molecule has 2 aliphatic rings. The Morgan fingerprint density at radius 3 is 2.67 bits per heavy atom. The van der Waals surface area contributed by atoms with Gasteiger partial charge in [0.25, 0.3) is 0 Å².